The Hall–Kier alpha value is -8.34. The van der Waals surface area contributed by atoms with Gasteiger partial charge in [0.2, 0.25) is 0 Å². The van der Waals surface area contributed by atoms with E-state index in [1.807, 2.05) is 31.3 Å². The van der Waals surface area contributed by atoms with Crippen LogP contribution in [0.4, 0.5) is 0 Å². The summed E-state index contributed by atoms with van der Waals surface area (Å²) in [5.41, 5.74) is 9.16. The lowest BCUT2D eigenvalue weighted by molar-refractivity contribution is 1.08. The van der Waals surface area contributed by atoms with Gasteiger partial charge in [0, 0.05) is 29.1 Å². The molecule has 0 N–H and O–H groups in total. The number of allylic oxidation sites excluding steroid dienone is 2. The number of nitrogens with zero attached hydrogens (tertiary/aromatic N) is 4. The summed E-state index contributed by atoms with van der Waals surface area (Å²) in [6.07, 6.45) is 5.52. The van der Waals surface area contributed by atoms with Crippen LogP contribution >= 0.6 is 0 Å². The largest absolute Gasteiger partial charge is 0.265 e. The summed E-state index contributed by atoms with van der Waals surface area (Å²) < 4.78 is 0. The first kappa shape index (κ1) is 37.6. The number of rotatable bonds is 8. The summed E-state index contributed by atoms with van der Waals surface area (Å²) in [5.74, 6) is 1.79. The van der Waals surface area contributed by atoms with Crippen molar-refractivity contribution < 1.29 is 0 Å². The first-order valence-corrected chi connectivity index (χ1v) is 21.3. The highest BCUT2D eigenvalue weighted by atomic mass is 15.0. The van der Waals surface area contributed by atoms with E-state index in [9.17, 15) is 0 Å². The highest BCUT2D eigenvalue weighted by Crippen LogP contribution is 2.44. The standard InChI is InChI=1S/C59H40N4/c1-3-38(37-60-4-2)41-33-42(54-36-55-49-27-14-12-24-46(49)47-25-15-17-29-51(47)56(55)52-30-18-16-28-50(52)54)35-43(34-41)58-61-57(40-21-9-6-10-22-40)62-59(63-58)53-32-31-44(39-19-7-5-8-20-39)45-23-11-13-26-48(45)53/h3-37H,2H2,1H3/b38-3+,60-37-. The number of aliphatic imine (C=N–C) groups is 1. The van der Waals surface area contributed by atoms with Gasteiger partial charge in [-0.2, -0.15) is 0 Å². The molecule has 0 aliphatic rings. The lowest BCUT2D eigenvalue weighted by atomic mass is 9.86. The summed E-state index contributed by atoms with van der Waals surface area (Å²) in [5, 5.41) is 12.0. The van der Waals surface area contributed by atoms with Crippen LogP contribution < -0.4 is 0 Å². The van der Waals surface area contributed by atoms with Crippen molar-refractivity contribution in [1.29, 1.82) is 0 Å². The molecular weight excluding hydrogens is 765 g/mol. The molecule has 4 nitrogen and oxygen atoms in total. The van der Waals surface area contributed by atoms with Gasteiger partial charge in [-0.05, 0) is 125 Å². The Morgan fingerprint density at radius 3 is 1.49 bits per heavy atom. The summed E-state index contributed by atoms with van der Waals surface area (Å²) >= 11 is 0. The first-order valence-electron chi connectivity index (χ1n) is 21.3. The molecule has 0 fully saturated rings. The van der Waals surface area contributed by atoms with E-state index >= 15 is 0 Å². The van der Waals surface area contributed by atoms with Crippen molar-refractivity contribution in [2.75, 3.05) is 0 Å². The quantitative estimate of drug-likeness (QED) is 0.114. The molecule has 0 atom stereocenters. The molecule has 0 saturated heterocycles. The second-order valence-corrected chi connectivity index (χ2v) is 15.7. The van der Waals surface area contributed by atoms with Gasteiger partial charge in [0.25, 0.3) is 0 Å². The molecular formula is C59H40N4. The van der Waals surface area contributed by atoms with Crippen molar-refractivity contribution in [3.05, 3.63) is 219 Å². The summed E-state index contributed by atoms with van der Waals surface area (Å²) in [6.45, 7) is 5.91. The zero-order chi connectivity index (χ0) is 42.3. The Kier molecular flexibility index (Phi) is 9.52. The molecule has 1 heterocycles. The van der Waals surface area contributed by atoms with Crippen molar-refractivity contribution in [3.63, 3.8) is 0 Å². The summed E-state index contributed by atoms with van der Waals surface area (Å²) in [7, 11) is 0. The highest BCUT2D eigenvalue weighted by molar-refractivity contribution is 6.33. The summed E-state index contributed by atoms with van der Waals surface area (Å²) in [4.78, 5) is 20.3. The van der Waals surface area contributed by atoms with Gasteiger partial charge in [0.15, 0.2) is 17.5 Å². The second kappa shape index (κ2) is 15.9. The third-order valence-electron chi connectivity index (χ3n) is 12.1. The fourth-order valence-electron chi connectivity index (χ4n) is 9.24. The first-order chi connectivity index (χ1) is 31.2. The van der Waals surface area contributed by atoms with Gasteiger partial charge in [-0.25, -0.2) is 15.0 Å². The molecule has 296 valence electrons. The highest BCUT2D eigenvalue weighted by Gasteiger charge is 2.20. The third-order valence-corrected chi connectivity index (χ3v) is 12.1. The molecule has 11 rings (SSSR count). The fourth-order valence-corrected chi connectivity index (χ4v) is 9.24. The Morgan fingerprint density at radius 2 is 0.857 bits per heavy atom. The molecule has 0 aliphatic carbocycles. The van der Waals surface area contributed by atoms with E-state index < -0.39 is 0 Å². The molecule has 4 heteroatoms. The van der Waals surface area contributed by atoms with Crippen molar-refractivity contribution in [1.82, 2.24) is 15.0 Å². The minimum Gasteiger partial charge on any atom is -0.265 e. The predicted molar refractivity (Wildman–Crippen MR) is 267 cm³/mol. The third kappa shape index (κ3) is 6.66. The Balaban J connectivity index is 1.20. The maximum absolute atomic E-state index is 5.37. The van der Waals surface area contributed by atoms with Crippen LogP contribution in [0.5, 0.6) is 0 Å². The molecule has 11 aromatic rings. The lowest BCUT2D eigenvalue weighted by Gasteiger charge is -2.18. The number of hydrogen-bond donors (Lipinski definition) is 0. The van der Waals surface area contributed by atoms with E-state index in [0.717, 1.165) is 60.9 Å². The van der Waals surface area contributed by atoms with E-state index in [2.05, 4.69) is 194 Å². The molecule has 0 aliphatic heterocycles. The average Bonchev–Trinajstić information content (AvgIpc) is 3.36. The van der Waals surface area contributed by atoms with Crippen LogP contribution in [0.25, 0.3) is 116 Å². The van der Waals surface area contributed by atoms with Crippen molar-refractivity contribution in [2.45, 2.75) is 6.92 Å². The topological polar surface area (TPSA) is 51.0 Å². The number of benzene rings is 10. The van der Waals surface area contributed by atoms with Gasteiger partial charge < -0.3 is 0 Å². The molecule has 10 aromatic carbocycles. The van der Waals surface area contributed by atoms with E-state index in [1.54, 1.807) is 6.20 Å². The number of aromatic nitrogens is 3. The van der Waals surface area contributed by atoms with Crippen molar-refractivity contribution in [2.24, 2.45) is 4.99 Å². The van der Waals surface area contributed by atoms with E-state index in [-0.39, 0.29) is 0 Å². The van der Waals surface area contributed by atoms with Crippen LogP contribution in [0.2, 0.25) is 0 Å². The Bertz CT molecular complexity index is 3640. The van der Waals surface area contributed by atoms with Gasteiger partial charge in [-0.3, -0.25) is 4.99 Å². The zero-order valence-corrected chi connectivity index (χ0v) is 34.7. The van der Waals surface area contributed by atoms with Crippen LogP contribution in [0.15, 0.2) is 218 Å². The van der Waals surface area contributed by atoms with Gasteiger partial charge in [-0.1, -0.05) is 176 Å². The molecule has 1 aromatic heterocycles. The van der Waals surface area contributed by atoms with E-state index in [0.29, 0.717) is 17.5 Å². The molecule has 0 radical (unpaired) electrons. The smallest absolute Gasteiger partial charge is 0.164 e. The molecule has 0 unspecified atom stereocenters. The molecule has 0 spiro atoms. The van der Waals surface area contributed by atoms with Gasteiger partial charge >= 0.3 is 0 Å². The van der Waals surface area contributed by atoms with Crippen LogP contribution in [-0.4, -0.2) is 21.2 Å². The summed E-state index contributed by atoms with van der Waals surface area (Å²) in [6, 6.07) is 69.0. The molecule has 63 heavy (non-hydrogen) atoms. The SMILES string of the molecule is C=C/N=C\C(=C/C)c1cc(-c2nc(-c3ccccc3)nc(-c3ccc(-c4ccccc4)c4ccccc34)n2)cc(-c2cc3c4ccccc4c4ccccc4c3c3ccccc23)c1. The van der Waals surface area contributed by atoms with Crippen LogP contribution in [0.3, 0.4) is 0 Å². The number of fused-ring (bicyclic) bond motifs is 9. The van der Waals surface area contributed by atoms with Crippen LogP contribution in [0.1, 0.15) is 12.5 Å². The maximum Gasteiger partial charge on any atom is 0.164 e. The van der Waals surface area contributed by atoms with E-state index in [1.165, 1.54) is 43.1 Å². The average molecular weight is 805 g/mol. The molecule has 0 bridgehead atoms. The normalized spacial score (nSPS) is 12.0. The molecule has 0 amide bonds. The van der Waals surface area contributed by atoms with Gasteiger partial charge in [0.05, 0.1) is 0 Å². The Morgan fingerprint density at radius 1 is 0.397 bits per heavy atom. The monoisotopic (exact) mass is 804 g/mol. The zero-order valence-electron chi connectivity index (χ0n) is 34.7. The minimum absolute atomic E-state index is 0.579. The van der Waals surface area contributed by atoms with Crippen molar-refractivity contribution >= 4 is 65.6 Å². The molecule has 0 saturated carbocycles. The van der Waals surface area contributed by atoms with Gasteiger partial charge in [-0.15, -0.1) is 0 Å². The lowest BCUT2D eigenvalue weighted by Crippen LogP contribution is -2.01. The van der Waals surface area contributed by atoms with Crippen LogP contribution in [0, 0.1) is 0 Å². The van der Waals surface area contributed by atoms with Gasteiger partial charge in [0.1, 0.15) is 0 Å². The Labute approximate surface area is 365 Å². The number of hydrogen-bond acceptors (Lipinski definition) is 4. The predicted octanol–water partition coefficient (Wildman–Crippen LogP) is 15.6. The maximum atomic E-state index is 5.37. The van der Waals surface area contributed by atoms with Crippen LogP contribution in [-0.2, 0) is 0 Å². The fraction of sp³-hybridized carbons (Fsp3) is 0.0169. The van der Waals surface area contributed by atoms with E-state index in [4.69, 9.17) is 15.0 Å². The second-order valence-electron chi connectivity index (χ2n) is 15.7. The minimum atomic E-state index is 0.579. The van der Waals surface area contributed by atoms with Crippen molar-refractivity contribution in [3.8, 4) is 56.4 Å².